The maximum Gasteiger partial charge on any atom is 0.266 e. The Morgan fingerprint density at radius 3 is 2.64 bits per heavy atom. The lowest BCUT2D eigenvalue weighted by Gasteiger charge is -2.48. The summed E-state index contributed by atoms with van der Waals surface area (Å²) in [5.74, 6) is 1.08. The zero-order valence-corrected chi connectivity index (χ0v) is 14.6. The molecule has 0 aliphatic carbocycles. The van der Waals surface area contributed by atoms with E-state index in [-0.39, 0.29) is 5.56 Å². The first kappa shape index (κ1) is 16.2. The standard InChI is InChI=1S/C18H24N6O/c1-21-18(25)10-15(11-20-21)12-22-13-16(14-22)23-6-8-24(9-7-23)17-4-2-3-5-19-17/h2-5,10-11,16H,6-9,12-14H2,1H3. The van der Waals surface area contributed by atoms with Gasteiger partial charge >= 0.3 is 0 Å². The smallest absolute Gasteiger partial charge is 0.266 e. The Morgan fingerprint density at radius 1 is 1.16 bits per heavy atom. The number of likely N-dealkylation sites (tertiary alicyclic amines) is 1. The lowest BCUT2D eigenvalue weighted by Crippen LogP contribution is -2.62. The highest BCUT2D eigenvalue weighted by atomic mass is 16.1. The molecule has 0 spiro atoms. The van der Waals surface area contributed by atoms with E-state index >= 15 is 0 Å². The fraction of sp³-hybridized carbons (Fsp3) is 0.500. The van der Waals surface area contributed by atoms with Crippen LogP contribution in [0.4, 0.5) is 5.82 Å². The predicted molar refractivity (Wildman–Crippen MR) is 96.6 cm³/mol. The van der Waals surface area contributed by atoms with E-state index < -0.39 is 0 Å². The minimum Gasteiger partial charge on any atom is -0.354 e. The van der Waals surface area contributed by atoms with Crippen molar-refractivity contribution in [2.75, 3.05) is 44.2 Å². The number of aromatic nitrogens is 3. The molecule has 0 saturated carbocycles. The van der Waals surface area contributed by atoms with Crippen LogP contribution < -0.4 is 10.5 Å². The van der Waals surface area contributed by atoms with Gasteiger partial charge in [0.25, 0.3) is 5.56 Å². The normalized spacial score (nSPS) is 19.8. The fourth-order valence-electron chi connectivity index (χ4n) is 3.61. The molecule has 2 fully saturated rings. The highest BCUT2D eigenvalue weighted by Gasteiger charge is 2.33. The molecule has 0 N–H and O–H groups in total. The van der Waals surface area contributed by atoms with Gasteiger partial charge in [0, 0.05) is 71.2 Å². The minimum absolute atomic E-state index is 0.0415. The van der Waals surface area contributed by atoms with Crippen molar-refractivity contribution in [2.24, 2.45) is 7.05 Å². The zero-order chi connectivity index (χ0) is 17.2. The second kappa shape index (κ2) is 6.93. The summed E-state index contributed by atoms with van der Waals surface area (Å²) in [5.41, 5.74) is 0.960. The second-order valence-corrected chi connectivity index (χ2v) is 6.88. The van der Waals surface area contributed by atoms with E-state index in [2.05, 4.69) is 30.8 Å². The van der Waals surface area contributed by atoms with Gasteiger partial charge in [-0.25, -0.2) is 9.67 Å². The number of nitrogens with zero attached hydrogens (tertiary/aromatic N) is 6. The number of hydrogen-bond acceptors (Lipinski definition) is 6. The van der Waals surface area contributed by atoms with Crippen molar-refractivity contribution in [3.8, 4) is 0 Å². The third kappa shape index (κ3) is 3.57. The van der Waals surface area contributed by atoms with E-state index in [9.17, 15) is 4.79 Å². The van der Waals surface area contributed by atoms with Crippen LogP contribution in [0.5, 0.6) is 0 Å². The van der Waals surface area contributed by atoms with Gasteiger partial charge in [0.15, 0.2) is 0 Å². The summed E-state index contributed by atoms with van der Waals surface area (Å²) in [4.78, 5) is 23.4. The van der Waals surface area contributed by atoms with E-state index in [1.165, 1.54) is 4.68 Å². The van der Waals surface area contributed by atoms with Crippen molar-refractivity contribution < 1.29 is 0 Å². The molecule has 2 aromatic heterocycles. The van der Waals surface area contributed by atoms with E-state index in [1.54, 1.807) is 19.3 Å². The van der Waals surface area contributed by atoms with Crippen LogP contribution in [0.3, 0.4) is 0 Å². The molecule has 132 valence electrons. The van der Waals surface area contributed by atoms with Gasteiger partial charge in [-0.3, -0.25) is 14.6 Å². The number of hydrogen-bond donors (Lipinski definition) is 0. The lowest BCUT2D eigenvalue weighted by atomic mass is 10.0. The summed E-state index contributed by atoms with van der Waals surface area (Å²) in [7, 11) is 1.68. The molecule has 0 unspecified atom stereocenters. The molecule has 0 amide bonds. The molecular formula is C18H24N6O. The Hall–Kier alpha value is -2.25. The van der Waals surface area contributed by atoms with Crippen LogP contribution in [0.2, 0.25) is 0 Å². The number of anilines is 1. The molecule has 25 heavy (non-hydrogen) atoms. The molecule has 4 rings (SSSR count). The Balaban J connectivity index is 1.25. The molecule has 2 saturated heterocycles. The van der Waals surface area contributed by atoms with Crippen LogP contribution in [0.15, 0.2) is 41.5 Å². The van der Waals surface area contributed by atoms with E-state index in [0.717, 1.165) is 57.2 Å². The molecule has 2 aliphatic rings. The molecule has 7 nitrogen and oxygen atoms in total. The van der Waals surface area contributed by atoms with Crippen molar-refractivity contribution in [3.63, 3.8) is 0 Å². The molecule has 0 bridgehead atoms. The Bertz CT molecular complexity index is 763. The Kier molecular flexibility index (Phi) is 4.50. The van der Waals surface area contributed by atoms with Gasteiger partial charge in [0.1, 0.15) is 5.82 Å². The summed E-state index contributed by atoms with van der Waals surface area (Å²) >= 11 is 0. The van der Waals surface area contributed by atoms with Crippen LogP contribution in [0, 0.1) is 0 Å². The van der Waals surface area contributed by atoms with Gasteiger partial charge in [0.2, 0.25) is 0 Å². The number of pyridine rings is 1. The van der Waals surface area contributed by atoms with Crippen molar-refractivity contribution in [3.05, 3.63) is 52.6 Å². The fourth-order valence-corrected chi connectivity index (χ4v) is 3.61. The highest BCUT2D eigenvalue weighted by Crippen LogP contribution is 2.20. The maximum atomic E-state index is 11.7. The number of piperazine rings is 1. The third-order valence-corrected chi connectivity index (χ3v) is 5.17. The average molecular weight is 340 g/mol. The van der Waals surface area contributed by atoms with Gasteiger partial charge in [0.05, 0.1) is 6.20 Å². The largest absolute Gasteiger partial charge is 0.354 e. The molecule has 0 radical (unpaired) electrons. The molecule has 2 aromatic rings. The first-order chi connectivity index (χ1) is 12.2. The quantitative estimate of drug-likeness (QED) is 0.792. The third-order valence-electron chi connectivity index (χ3n) is 5.17. The summed E-state index contributed by atoms with van der Waals surface area (Å²) < 4.78 is 1.36. The molecular weight excluding hydrogens is 316 g/mol. The average Bonchev–Trinajstić information content (AvgIpc) is 2.62. The number of aryl methyl sites for hydroxylation is 1. The first-order valence-corrected chi connectivity index (χ1v) is 8.84. The lowest BCUT2D eigenvalue weighted by molar-refractivity contribution is 0.0254. The molecule has 4 heterocycles. The van der Waals surface area contributed by atoms with Gasteiger partial charge in [-0.05, 0) is 17.7 Å². The van der Waals surface area contributed by atoms with Crippen LogP contribution in [-0.2, 0) is 13.6 Å². The Morgan fingerprint density at radius 2 is 1.96 bits per heavy atom. The molecule has 7 heteroatoms. The van der Waals surface area contributed by atoms with Crippen LogP contribution >= 0.6 is 0 Å². The van der Waals surface area contributed by atoms with Crippen LogP contribution in [0.1, 0.15) is 5.56 Å². The zero-order valence-electron chi connectivity index (χ0n) is 14.6. The van der Waals surface area contributed by atoms with Crippen molar-refractivity contribution in [2.45, 2.75) is 12.6 Å². The first-order valence-electron chi connectivity index (χ1n) is 8.84. The van der Waals surface area contributed by atoms with Crippen molar-refractivity contribution in [1.82, 2.24) is 24.6 Å². The topological polar surface area (TPSA) is 57.5 Å². The van der Waals surface area contributed by atoms with Gasteiger partial charge in [-0.1, -0.05) is 6.07 Å². The molecule has 2 aliphatic heterocycles. The predicted octanol–water partition coefficient (Wildman–Crippen LogP) is 0.182. The van der Waals surface area contributed by atoms with Crippen molar-refractivity contribution in [1.29, 1.82) is 0 Å². The summed E-state index contributed by atoms with van der Waals surface area (Å²) in [6, 6.07) is 8.40. The minimum atomic E-state index is -0.0415. The van der Waals surface area contributed by atoms with E-state index in [1.807, 2.05) is 18.3 Å². The highest BCUT2D eigenvalue weighted by molar-refractivity contribution is 5.38. The van der Waals surface area contributed by atoms with Gasteiger partial charge in [-0.15, -0.1) is 0 Å². The number of rotatable bonds is 4. The molecule has 0 aromatic carbocycles. The van der Waals surface area contributed by atoms with E-state index in [0.29, 0.717) is 6.04 Å². The monoisotopic (exact) mass is 340 g/mol. The van der Waals surface area contributed by atoms with Crippen molar-refractivity contribution >= 4 is 5.82 Å². The molecule has 0 atom stereocenters. The van der Waals surface area contributed by atoms with Gasteiger partial charge < -0.3 is 4.90 Å². The van der Waals surface area contributed by atoms with Crippen LogP contribution in [-0.4, -0.2) is 69.9 Å². The maximum absolute atomic E-state index is 11.7. The summed E-state index contributed by atoms with van der Waals surface area (Å²) in [5, 5.41) is 4.09. The SMILES string of the molecule is Cn1ncc(CN2CC(N3CCN(c4ccccn4)CC3)C2)cc1=O. The van der Waals surface area contributed by atoms with Crippen LogP contribution in [0.25, 0.3) is 0 Å². The second-order valence-electron chi connectivity index (χ2n) is 6.88. The Labute approximate surface area is 147 Å². The van der Waals surface area contributed by atoms with E-state index in [4.69, 9.17) is 0 Å². The summed E-state index contributed by atoms with van der Waals surface area (Å²) in [6.07, 6.45) is 3.65. The summed E-state index contributed by atoms with van der Waals surface area (Å²) in [6.45, 7) is 7.19. The van der Waals surface area contributed by atoms with Gasteiger partial charge in [-0.2, -0.15) is 5.10 Å².